The average Bonchev–Trinajstić information content (AvgIpc) is 2.49. The smallest absolute Gasteiger partial charge is 0.0702 e. The monoisotopic (exact) mass is 261 g/mol. The molecule has 0 saturated carbocycles. The number of nitrogens with zero attached hydrogens (tertiary/aromatic N) is 1. The Kier molecular flexibility index (Phi) is 3.78. The highest BCUT2D eigenvalue weighted by Gasteiger charge is 2.00. The first-order chi connectivity index (χ1) is 9.83. The molecule has 3 rings (SSSR count). The number of benzene rings is 2. The van der Waals surface area contributed by atoms with Crippen LogP contribution < -0.4 is 0 Å². The molecule has 0 aliphatic heterocycles. The van der Waals surface area contributed by atoms with Crippen LogP contribution in [-0.2, 0) is 12.8 Å². The van der Waals surface area contributed by atoms with Crippen LogP contribution in [0.4, 0.5) is 0 Å². The Morgan fingerprint density at radius 1 is 0.900 bits per heavy atom. The number of rotatable bonds is 4. The van der Waals surface area contributed by atoms with E-state index in [0.29, 0.717) is 0 Å². The molecule has 0 atom stereocenters. The second-order valence-corrected chi connectivity index (χ2v) is 5.31. The summed E-state index contributed by atoms with van der Waals surface area (Å²) in [7, 11) is 0. The van der Waals surface area contributed by atoms with E-state index >= 15 is 0 Å². The SMILES string of the molecule is Cc1ccccc1CCCc1ccc2ncccc2c1. The molecular weight excluding hydrogens is 242 g/mol. The first-order valence-corrected chi connectivity index (χ1v) is 7.21. The summed E-state index contributed by atoms with van der Waals surface area (Å²) in [6.07, 6.45) is 5.31. The van der Waals surface area contributed by atoms with Crippen molar-refractivity contribution < 1.29 is 0 Å². The van der Waals surface area contributed by atoms with Crippen LogP contribution in [0.1, 0.15) is 23.1 Å². The fourth-order valence-electron chi connectivity index (χ4n) is 2.65. The van der Waals surface area contributed by atoms with Gasteiger partial charge in [-0.15, -0.1) is 0 Å². The summed E-state index contributed by atoms with van der Waals surface area (Å²) in [6, 6.07) is 19.4. The van der Waals surface area contributed by atoms with Gasteiger partial charge in [0.1, 0.15) is 0 Å². The van der Waals surface area contributed by atoms with E-state index in [0.717, 1.165) is 18.4 Å². The van der Waals surface area contributed by atoms with Crippen LogP contribution in [0.3, 0.4) is 0 Å². The van der Waals surface area contributed by atoms with Crippen LogP contribution in [0.25, 0.3) is 10.9 Å². The second-order valence-electron chi connectivity index (χ2n) is 5.31. The third-order valence-corrected chi connectivity index (χ3v) is 3.84. The molecule has 0 radical (unpaired) electrons. The molecule has 0 fully saturated rings. The molecule has 0 bridgehead atoms. The first kappa shape index (κ1) is 12.9. The summed E-state index contributed by atoms with van der Waals surface area (Å²) in [5.41, 5.74) is 5.35. The molecule has 0 N–H and O–H groups in total. The molecule has 100 valence electrons. The van der Waals surface area contributed by atoms with E-state index in [1.165, 1.54) is 28.5 Å². The lowest BCUT2D eigenvalue weighted by atomic mass is 10.00. The van der Waals surface area contributed by atoms with E-state index < -0.39 is 0 Å². The van der Waals surface area contributed by atoms with Crippen LogP contribution in [0.15, 0.2) is 60.8 Å². The van der Waals surface area contributed by atoms with E-state index in [-0.39, 0.29) is 0 Å². The summed E-state index contributed by atoms with van der Waals surface area (Å²) in [6.45, 7) is 2.19. The van der Waals surface area contributed by atoms with Gasteiger partial charge in [0.25, 0.3) is 0 Å². The van der Waals surface area contributed by atoms with Crippen molar-refractivity contribution in [3.63, 3.8) is 0 Å². The van der Waals surface area contributed by atoms with E-state index in [4.69, 9.17) is 0 Å². The maximum Gasteiger partial charge on any atom is 0.0702 e. The topological polar surface area (TPSA) is 12.9 Å². The Hall–Kier alpha value is -2.15. The van der Waals surface area contributed by atoms with Crippen molar-refractivity contribution >= 4 is 10.9 Å². The highest BCUT2D eigenvalue weighted by atomic mass is 14.6. The lowest BCUT2D eigenvalue weighted by Crippen LogP contribution is -1.93. The van der Waals surface area contributed by atoms with Gasteiger partial charge in [0.05, 0.1) is 5.52 Å². The molecule has 2 aromatic carbocycles. The van der Waals surface area contributed by atoms with Gasteiger partial charge in [-0.2, -0.15) is 0 Å². The predicted octanol–water partition coefficient (Wildman–Crippen LogP) is 4.72. The van der Waals surface area contributed by atoms with Crippen molar-refractivity contribution in [2.75, 3.05) is 0 Å². The fourth-order valence-corrected chi connectivity index (χ4v) is 2.65. The van der Waals surface area contributed by atoms with Crippen LogP contribution in [0, 0.1) is 6.92 Å². The fraction of sp³-hybridized carbons (Fsp3) is 0.211. The van der Waals surface area contributed by atoms with Crippen LogP contribution in [-0.4, -0.2) is 4.98 Å². The molecule has 20 heavy (non-hydrogen) atoms. The zero-order valence-corrected chi connectivity index (χ0v) is 11.8. The number of aryl methyl sites for hydroxylation is 3. The molecule has 0 spiro atoms. The largest absolute Gasteiger partial charge is 0.256 e. The summed E-state index contributed by atoms with van der Waals surface area (Å²) in [5, 5.41) is 1.24. The molecule has 1 nitrogen and oxygen atoms in total. The van der Waals surface area contributed by atoms with E-state index in [1.807, 2.05) is 12.3 Å². The summed E-state index contributed by atoms with van der Waals surface area (Å²) >= 11 is 0. The standard InChI is InChI=1S/C19H19N/c1-15-6-2-3-8-17(15)9-4-7-16-11-12-19-18(14-16)10-5-13-20-19/h2-3,5-6,8,10-14H,4,7,9H2,1H3. The minimum Gasteiger partial charge on any atom is -0.256 e. The number of aromatic nitrogens is 1. The molecule has 0 saturated heterocycles. The van der Waals surface area contributed by atoms with E-state index in [2.05, 4.69) is 60.4 Å². The first-order valence-electron chi connectivity index (χ1n) is 7.21. The molecule has 1 aromatic heterocycles. The third kappa shape index (κ3) is 2.88. The lowest BCUT2D eigenvalue weighted by molar-refractivity contribution is 0.817. The van der Waals surface area contributed by atoms with Crippen LogP contribution >= 0.6 is 0 Å². The Morgan fingerprint density at radius 2 is 1.80 bits per heavy atom. The molecule has 0 unspecified atom stereocenters. The van der Waals surface area contributed by atoms with Crippen molar-refractivity contribution in [3.05, 3.63) is 77.5 Å². The number of hydrogen-bond donors (Lipinski definition) is 0. The normalized spacial score (nSPS) is 10.8. The number of hydrogen-bond acceptors (Lipinski definition) is 1. The molecule has 0 amide bonds. The number of pyridine rings is 1. The lowest BCUT2D eigenvalue weighted by Gasteiger charge is -2.06. The Balaban J connectivity index is 1.67. The van der Waals surface area contributed by atoms with E-state index in [9.17, 15) is 0 Å². The molecule has 0 aliphatic rings. The number of fused-ring (bicyclic) bond motifs is 1. The quantitative estimate of drug-likeness (QED) is 0.662. The summed E-state index contributed by atoms with van der Waals surface area (Å²) in [4.78, 5) is 4.36. The predicted molar refractivity (Wildman–Crippen MR) is 84.9 cm³/mol. The van der Waals surface area contributed by atoms with Crippen molar-refractivity contribution in [2.24, 2.45) is 0 Å². The summed E-state index contributed by atoms with van der Waals surface area (Å²) < 4.78 is 0. The summed E-state index contributed by atoms with van der Waals surface area (Å²) in [5.74, 6) is 0. The Morgan fingerprint density at radius 3 is 2.70 bits per heavy atom. The van der Waals surface area contributed by atoms with Crippen LogP contribution in [0.5, 0.6) is 0 Å². The molecule has 3 aromatic rings. The minimum absolute atomic E-state index is 1.08. The molecular formula is C19H19N. The molecule has 1 heterocycles. The maximum absolute atomic E-state index is 4.36. The van der Waals surface area contributed by atoms with Gasteiger partial charge >= 0.3 is 0 Å². The van der Waals surface area contributed by atoms with Gasteiger partial charge in [-0.1, -0.05) is 36.4 Å². The Labute approximate surface area is 120 Å². The van der Waals surface area contributed by atoms with Crippen molar-refractivity contribution in [2.45, 2.75) is 26.2 Å². The molecule has 0 aliphatic carbocycles. The van der Waals surface area contributed by atoms with Gasteiger partial charge in [-0.25, -0.2) is 0 Å². The zero-order valence-electron chi connectivity index (χ0n) is 11.8. The van der Waals surface area contributed by atoms with Crippen LogP contribution in [0.2, 0.25) is 0 Å². The van der Waals surface area contributed by atoms with Gasteiger partial charge in [0.2, 0.25) is 0 Å². The zero-order chi connectivity index (χ0) is 13.8. The highest BCUT2D eigenvalue weighted by Crippen LogP contribution is 2.16. The molecule has 1 heteroatoms. The van der Waals surface area contributed by atoms with Crippen molar-refractivity contribution in [1.29, 1.82) is 0 Å². The maximum atomic E-state index is 4.36. The van der Waals surface area contributed by atoms with Gasteiger partial charge in [-0.3, -0.25) is 4.98 Å². The van der Waals surface area contributed by atoms with Crippen molar-refractivity contribution in [3.8, 4) is 0 Å². The average molecular weight is 261 g/mol. The second kappa shape index (κ2) is 5.87. The van der Waals surface area contributed by atoms with E-state index in [1.54, 1.807) is 0 Å². The third-order valence-electron chi connectivity index (χ3n) is 3.84. The van der Waals surface area contributed by atoms with Gasteiger partial charge < -0.3 is 0 Å². The van der Waals surface area contributed by atoms with Gasteiger partial charge in [-0.05, 0) is 61.1 Å². The minimum atomic E-state index is 1.08. The van der Waals surface area contributed by atoms with Gasteiger partial charge in [0.15, 0.2) is 0 Å². The van der Waals surface area contributed by atoms with Crippen molar-refractivity contribution in [1.82, 2.24) is 4.98 Å². The highest BCUT2D eigenvalue weighted by molar-refractivity contribution is 5.78. The van der Waals surface area contributed by atoms with Gasteiger partial charge in [0, 0.05) is 11.6 Å². The Bertz CT molecular complexity index is 716.